The van der Waals surface area contributed by atoms with E-state index in [0.29, 0.717) is 11.8 Å². The lowest BCUT2D eigenvalue weighted by Crippen LogP contribution is -2.21. The van der Waals surface area contributed by atoms with Crippen molar-refractivity contribution in [1.29, 1.82) is 0 Å². The molecule has 2 aliphatic rings. The van der Waals surface area contributed by atoms with Crippen LogP contribution in [0.5, 0.6) is 0 Å². The van der Waals surface area contributed by atoms with Crippen molar-refractivity contribution in [2.45, 2.75) is 57.5 Å². The summed E-state index contributed by atoms with van der Waals surface area (Å²) in [4.78, 5) is 0. The van der Waals surface area contributed by atoms with Gasteiger partial charge in [0, 0.05) is 0 Å². The van der Waals surface area contributed by atoms with Gasteiger partial charge in [0.25, 0.3) is 0 Å². The molecular formula is C11H20O. The van der Waals surface area contributed by atoms with Crippen molar-refractivity contribution in [3.8, 4) is 0 Å². The average Bonchev–Trinajstić information content (AvgIpc) is 2.92. The summed E-state index contributed by atoms with van der Waals surface area (Å²) in [6.45, 7) is 0. The molecule has 0 aromatic rings. The highest BCUT2D eigenvalue weighted by atomic mass is 16.3. The predicted octanol–water partition coefficient (Wildman–Crippen LogP) is 2.73. The van der Waals surface area contributed by atoms with Gasteiger partial charge in [-0.15, -0.1) is 0 Å². The van der Waals surface area contributed by atoms with Gasteiger partial charge in [0.05, 0.1) is 6.10 Å². The van der Waals surface area contributed by atoms with Gasteiger partial charge in [0.15, 0.2) is 0 Å². The Balaban J connectivity index is 1.82. The van der Waals surface area contributed by atoms with Gasteiger partial charge in [-0.25, -0.2) is 0 Å². The molecule has 0 aromatic heterocycles. The van der Waals surface area contributed by atoms with Crippen LogP contribution in [0, 0.1) is 11.8 Å². The molecule has 2 saturated carbocycles. The molecular weight excluding hydrogens is 148 g/mol. The van der Waals surface area contributed by atoms with Crippen LogP contribution in [0.2, 0.25) is 0 Å². The molecule has 0 radical (unpaired) electrons. The van der Waals surface area contributed by atoms with E-state index in [4.69, 9.17) is 0 Å². The highest BCUT2D eigenvalue weighted by molar-refractivity contribution is 4.86. The first kappa shape index (κ1) is 8.55. The molecule has 0 saturated heterocycles. The van der Waals surface area contributed by atoms with Gasteiger partial charge in [-0.05, 0) is 37.5 Å². The number of hydrogen-bond donors (Lipinski definition) is 1. The highest BCUT2D eigenvalue weighted by Crippen LogP contribution is 2.39. The van der Waals surface area contributed by atoms with Crippen LogP contribution in [0.25, 0.3) is 0 Å². The van der Waals surface area contributed by atoms with Gasteiger partial charge in [0.2, 0.25) is 0 Å². The quantitative estimate of drug-likeness (QED) is 0.629. The van der Waals surface area contributed by atoms with Crippen LogP contribution in [0.3, 0.4) is 0 Å². The zero-order valence-electron chi connectivity index (χ0n) is 7.84. The molecule has 1 unspecified atom stereocenters. The SMILES string of the molecule is OC(C1CCCCCC1)C1CC1. The summed E-state index contributed by atoms with van der Waals surface area (Å²) in [7, 11) is 0. The van der Waals surface area contributed by atoms with Crippen LogP contribution in [0.15, 0.2) is 0 Å². The molecule has 1 heteroatoms. The average molecular weight is 168 g/mol. The van der Waals surface area contributed by atoms with Gasteiger partial charge in [-0.2, -0.15) is 0 Å². The van der Waals surface area contributed by atoms with Crippen molar-refractivity contribution in [3.05, 3.63) is 0 Å². The second-order valence-corrected chi connectivity index (χ2v) is 4.58. The smallest absolute Gasteiger partial charge is 0.0596 e. The van der Waals surface area contributed by atoms with E-state index in [1.54, 1.807) is 0 Å². The third kappa shape index (κ3) is 2.01. The number of rotatable bonds is 2. The molecule has 2 aliphatic carbocycles. The fraction of sp³-hybridized carbons (Fsp3) is 1.00. The number of hydrogen-bond acceptors (Lipinski definition) is 1. The van der Waals surface area contributed by atoms with Crippen LogP contribution >= 0.6 is 0 Å². The minimum absolute atomic E-state index is 0.0584. The van der Waals surface area contributed by atoms with E-state index < -0.39 is 0 Å². The maximum atomic E-state index is 9.94. The van der Waals surface area contributed by atoms with Crippen molar-refractivity contribution >= 4 is 0 Å². The maximum Gasteiger partial charge on any atom is 0.0596 e. The lowest BCUT2D eigenvalue weighted by Gasteiger charge is -2.20. The molecule has 0 aromatic carbocycles. The van der Waals surface area contributed by atoms with E-state index in [0.717, 1.165) is 0 Å². The summed E-state index contributed by atoms with van der Waals surface area (Å²) >= 11 is 0. The van der Waals surface area contributed by atoms with Crippen molar-refractivity contribution in [2.24, 2.45) is 11.8 Å². The zero-order chi connectivity index (χ0) is 8.39. The summed E-state index contributed by atoms with van der Waals surface area (Å²) in [5.74, 6) is 1.34. The molecule has 70 valence electrons. The molecule has 1 N–H and O–H groups in total. The second-order valence-electron chi connectivity index (χ2n) is 4.58. The molecule has 2 rings (SSSR count). The van der Waals surface area contributed by atoms with Crippen molar-refractivity contribution in [1.82, 2.24) is 0 Å². The Hall–Kier alpha value is -0.0400. The Morgan fingerprint density at radius 3 is 1.75 bits per heavy atom. The Morgan fingerprint density at radius 1 is 0.750 bits per heavy atom. The van der Waals surface area contributed by atoms with Gasteiger partial charge in [0.1, 0.15) is 0 Å². The normalized spacial score (nSPS) is 29.8. The van der Waals surface area contributed by atoms with Crippen molar-refractivity contribution < 1.29 is 5.11 Å². The monoisotopic (exact) mass is 168 g/mol. The summed E-state index contributed by atoms with van der Waals surface area (Å²) in [5, 5.41) is 9.94. The number of aliphatic hydroxyl groups excluding tert-OH is 1. The molecule has 0 aliphatic heterocycles. The predicted molar refractivity (Wildman–Crippen MR) is 49.9 cm³/mol. The van der Waals surface area contributed by atoms with E-state index in [-0.39, 0.29) is 6.10 Å². The minimum Gasteiger partial charge on any atom is -0.393 e. The fourth-order valence-corrected chi connectivity index (χ4v) is 2.48. The molecule has 0 heterocycles. The Bertz CT molecular complexity index is 132. The van der Waals surface area contributed by atoms with Gasteiger partial charge in [-0.3, -0.25) is 0 Å². The lowest BCUT2D eigenvalue weighted by atomic mass is 9.91. The van der Waals surface area contributed by atoms with Crippen molar-refractivity contribution in [3.63, 3.8) is 0 Å². The van der Waals surface area contributed by atoms with Gasteiger partial charge < -0.3 is 5.11 Å². The van der Waals surface area contributed by atoms with Crippen LogP contribution in [0.4, 0.5) is 0 Å². The van der Waals surface area contributed by atoms with E-state index >= 15 is 0 Å². The van der Waals surface area contributed by atoms with Crippen LogP contribution in [0.1, 0.15) is 51.4 Å². The standard InChI is InChI=1S/C11H20O/c12-11(10-7-8-10)9-5-3-1-2-4-6-9/h9-12H,1-8H2. The van der Waals surface area contributed by atoms with Gasteiger partial charge >= 0.3 is 0 Å². The van der Waals surface area contributed by atoms with Crippen LogP contribution in [-0.2, 0) is 0 Å². The Kier molecular flexibility index (Phi) is 2.69. The van der Waals surface area contributed by atoms with E-state index in [9.17, 15) is 5.11 Å². The molecule has 12 heavy (non-hydrogen) atoms. The van der Waals surface area contributed by atoms with Crippen LogP contribution in [-0.4, -0.2) is 11.2 Å². The fourth-order valence-electron chi connectivity index (χ4n) is 2.48. The van der Waals surface area contributed by atoms with E-state index in [1.807, 2.05) is 0 Å². The first-order valence-electron chi connectivity index (χ1n) is 5.56. The largest absolute Gasteiger partial charge is 0.393 e. The second kappa shape index (κ2) is 3.78. The van der Waals surface area contributed by atoms with Crippen LogP contribution < -0.4 is 0 Å². The first-order valence-corrected chi connectivity index (χ1v) is 5.56. The van der Waals surface area contributed by atoms with E-state index in [2.05, 4.69) is 0 Å². The molecule has 0 bridgehead atoms. The van der Waals surface area contributed by atoms with E-state index in [1.165, 1.54) is 51.4 Å². The molecule has 1 nitrogen and oxygen atoms in total. The van der Waals surface area contributed by atoms with Gasteiger partial charge in [-0.1, -0.05) is 25.7 Å². The summed E-state index contributed by atoms with van der Waals surface area (Å²) in [6, 6.07) is 0. The molecule has 1 atom stereocenters. The first-order chi connectivity index (χ1) is 5.88. The lowest BCUT2D eigenvalue weighted by molar-refractivity contribution is 0.0782. The topological polar surface area (TPSA) is 20.2 Å². The maximum absolute atomic E-state index is 9.94. The molecule has 0 amide bonds. The third-order valence-corrected chi connectivity index (χ3v) is 3.49. The highest BCUT2D eigenvalue weighted by Gasteiger charge is 2.34. The summed E-state index contributed by atoms with van der Waals surface area (Å²) in [5.41, 5.74) is 0. The molecule has 0 spiro atoms. The Labute approximate surface area is 75.2 Å². The minimum atomic E-state index is 0.0584. The summed E-state index contributed by atoms with van der Waals surface area (Å²) in [6.07, 6.45) is 10.7. The molecule has 2 fully saturated rings. The number of aliphatic hydroxyl groups is 1. The third-order valence-electron chi connectivity index (χ3n) is 3.49. The summed E-state index contributed by atoms with van der Waals surface area (Å²) < 4.78 is 0. The Morgan fingerprint density at radius 2 is 1.25 bits per heavy atom. The zero-order valence-corrected chi connectivity index (χ0v) is 7.84. The van der Waals surface area contributed by atoms with Crippen molar-refractivity contribution in [2.75, 3.05) is 0 Å².